The number of nitrogens with one attached hydrogen (secondary N) is 3. The van der Waals surface area contributed by atoms with Gasteiger partial charge >= 0.3 is 12.0 Å². The van der Waals surface area contributed by atoms with Crippen molar-refractivity contribution in [2.75, 3.05) is 18.1 Å². The molecule has 0 radical (unpaired) electrons. The number of aryl methyl sites for hydroxylation is 1. The van der Waals surface area contributed by atoms with Crippen LogP contribution in [0.5, 0.6) is 0 Å². The summed E-state index contributed by atoms with van der Waals surface area (Å²) < 4.78 is 1.48. The number of amides is 4. The van der Waals surface area contributed by atoms with E-state index in [0.29, 0.717) is 33.7 Å². The number of carbonyl (C=O) groups excluding carboxylic acids is 3. The third-order valence-corrected chi connectivity index (χ3v) is 8.91. The van der Waals surface area contributed by atoms with Crippen LogP contribution >= 0.6 is 34.9 Å². The first-order valence-electron chi connectivity index (χ1n) is 11.3. The number of carboxylic acid groups (broad SMARTS) is 1. The van der Waals surface area contributed by atoms with Crippen LogP contribution in [0.15, 0.2) is 33.9 Å². The molecule has 198 valence electrons. The summed E-state index contributed by atoms with van der Waals surface area (Å²) in [6, 6.07) is 1.09. The number of hydrogen-bond acceptors (Lipinski definition) is 10. The van der Waals surface area contributed by atoms with E-state index in [4.69, 9.17) is 0 Å². The number of tetrazole rings is 1. The molecular formula is C21H26N8O5S3. The molecule has 2 unspecified atom stereocenters. The van der Waals surface area contributed by atoms with E-state index in [-0.39, 0.29) is 11.6 Å². The first-order chi connectivity index (χ1) is 17.7. The van der Waals surface area contributed by atoms with Crippen molar-refractivity contribution in [1.29, 1.82) is 0 Å². The molecule has 4 heterocycles. The van der Waals surface area contributed by atoms with Crippen LogP contribution in [-0.2, 0) is 21.4 Å². The fourth-order valence-electron chi connectivity index (χ4n) is 3.73. The van der Waals surface area contributed by atoms with E-state index in [9.17, 15) is 24.3 Å². The highest BCUT2D eigenvalue weighted by Crippen LogP contribution is 2.41. The summed E-state index contributed by atoms with van der Waals surface area (Å²) in [5, 5.41) is 30.9. The van der Waals surface area contributed by atoms with Gasteiger partial charge in [-0.3, -0.25) is 14.5 Å². The smallest absolute Gasteiger partial charge is 0.352 e. The van der Waals surface area contributed by atoms with Crippen molar-refractivity contribution < 1.29 is 24.3 Å². The molecule has 0 saturated carbocycles. The van der Waals surface area contributed by atoms with Crippen LogP contribution in [0.2, 0.25) is 0 Å². The topological polar surface area (TPSA) is 171 Å². The van der Waals surface area contributed by atoms with Crippen LogP contribution in [0.25, 0.3) is 0 Å². The SMILES string of the molecule is CC(C)CNC(=O)NC(C(=O)N[C@H]1C(=O)N2C(C(=O)O)=C(CSc3nnnn3C)CSC12)c1cccs1. The molecule has 13 nitrogen and oxygen atoms in total. The van der Waals surface area contributed by atoms with Crippen LogP contribution < -0.4 is 16.0 Å². The molecule has 37 heavy (non-hydrogen) atoms. The average molecular weight is 567 g/mol. The lowest BCUT2D eigenvalue weighted by molar-refractivity contribution is -0.150. The number of aliphatic carboxylic acids is 1. The molecule has 1 saturated heterocycles. The van der Waals surface area contributed by atoms with Gasteiger partial charge in [0, 0.05) is 30.0 Å². The molecule has 0 aromatic carbocycles. The van der Waals surface area contributed by atoms with Gasteiger partial charge in [0.15, 0.2) is 0 Å². The predicted molar refractivity (Wildman–Crippen MR) is 138 cm³/mol. The minimum absolute atomic E-state index is 0.0807. The quantitative estimate of drug-likeness (QED) is 0.238. The predicted octanol–water partition coefficient (Wildman–Crippen LogP) is 0.799. The van der Waals surface area contributed by atoms with Gasteiger partial charge < -0.3 is 21.1 Å². The maximum absolute atomic E-state index is 13.2. The Bertz CT molecular complexity index is 1210. The van der Waals surface area contributed by atoms with Gasteiger partial charge in [-0.15, -0.1) is 28.2 Å². The number of nitrogens with zero attached hydrogens (tertiary/aromatic N) is 5. The maximum Gasteiger partial charge on any atom is 0.352 e. The molecule has 16 heteroatoms. The molecule has 4 N–H and O–H groups in total. The van der Waals surface area contributed by atoms with E-state index in [1.54, 1.807) is 24.6 Å². The normalized spacial score (nSPS) is 19.8. The first kappa shape index (κ1) is 26.9. The van der Waals surface area contributed by atoms with Gasteiger partial charge in [0.05, 0.1) is 0 Å². The van der Waals surface area contributed by atoms with Gasteiger partial charge in [-0.2, -0.15) is 0 Å². The Kier molecular flexibility index (Phi) is 8.39. The molecule has 2 aromatic heterocycles. The first-order valence-corrected chi connectivity index (χ1v) is 14.2. The highest BCUT2D eigenvalue weighted by molar-refractivity contribution is 8.01. The third kappa shape index (κ3) is 5.91. The third-order valence-electron chi connectivity index (χ3n) is 5.54. The molecule has 4 amide bonds. The highest BCUT2D eigenvalue weighted by atomic mass is 32.2. The van der Waals surface area contributed by atoms with Crippen molar-refractivity contribution in [1.82, 2.24) is 41.1 Å². The zero-order chi connectivity index (χ0) is 26.7. The summed E-state index contributed by atoms with van der Waals surface area (Å²) in [5.41, 5.74) is 0.489. The van der Waals surface area contributed by atoms with Crippen molar-refractivity contribution in [3.63, 3.8) is 0 Å². The number of thiophene rings is 1. The van der Waals surface area contributed by atoms with Gasteiger partial charge in [0.2, 0.25) is 11.1 Å². The van der Waals surface area contributed by atoms with Crippen LogP contribution in [0.3, 0.4) is 0 Å². The highest BCUT2D eigenvalue weighted by Gasteiger charge is 2.54. The second kappa shape index (κ2) is 11.5. The van der Waals surface area contributed by atoms with Gasteiger partial charge in [0.1, 0.15) is 23.2 Å². The molecule has 2 aliphatic rings. The number of thioether (sulfide) groups is 2. The van der Waals surface area contributed by atoms with E-state index in [1.165, 1.54) is 44.4 Å². The average Bonchev–Trinajstić information content (AvgIpc) is 3.54. The van der Waals surface area contributed by atoms with Crippen molar-refractivity contribution >= 4 is 58.7 Å². The van der Waals surface area contributed by atoms with Crippen molar-refractivity contribution in [3.05, 3.63) is 33.7 Å². The zero-order valence-electron chi connectivity index (χ0n) is 20.2. The Hall–Kier alpha value is -3.11. The number of carbonyl (C=O) groups is 4. The fraction of sp³-hybridized carbons (Fsp3) is 0.476. The second-order valence-electron chi connectivity index (χ2n) is 8.72. The van der Waals surface area contributed by atoms with Gasteiger partial charge in [-0.25, -0.2) is 14.3 Å². The zero-order valence-corrected chi connectivity index (χ0v) is 22.7. The molecule has 0 aliphatic carbocycles. The van der Waals surface area contributed by atoms with Crippen molar-refractivity contribution in [3.8, 4) is 0 Å². The van der Waals surface area contributed by atoms with Crippen LogP contribution in [0.1, 0.15) is 24.8 Å². The number of β-lactam (4-membered cyclic amide) rings is 1. The number of carboxylic acids is 1. The van der Waals surface area contributed by atoms with Crippen molar-refractivity contribution in [2.24, 2.45) is 13.0 Å². The Labute approximate surface area is 224 Å². The monoisotopic (exact) mass is 566 g/mol. The molecule has 2 aromatic rings. The van der Waals surface area contributed by atoms with Gasteiger partial charge in [0.25, 0.3) is 5.91 Å². The lowest BCUT2D eigenvalue weighted by atomic mass is 10.0. The van der Waals surface area contributed by atoms with Gasteiger partial charge in [-0.1, -0.05) is 31.7 Å². The van der Waals surface area contributed by atoms with Crippen LogP contribution in [0, 0.1) is 5.92 Å². The fourth-order valence-corrected chi connectivity index (χ4v) is 6.83. The van der Waals surface area contributed by atoms with E-state index in [0.717, 1.165) is 0 Å². The van der Waals surface area contributed by atoms with E-state index >= 15 is 0 Å². The molecule has 0 bridgehead atoms. The minimum Gasteiger partial charge on any atom is -0.477 e. The van der Waals surface area contributed by atoms with E-state index < -0.39 is 41.3 Å². The molecule has 4 rings (SSSR count). The van der Waals surface area contributed by atoms with Crippen LogP contribution in [0.4, 0.5) is 4.79 Å². The number of aromatic nitrogens is 4. The molecular weight excluding hydrogens is 540 g/mol. The molecule has 1 fully saturated rings. The standard InChI is InChI=1S/C21H26N8O5S3/c1-10(2)7-22-20(34)24-13(12-5-4-6-35-12)16(30)23-14-17(31)29-15(19(32)33)11(8-36-18(14)29)9-37-21-25-26-27-28(21)3/h4-6,10,13-14,18H,7-9H2,1-3H3,(H,23,30)(H,32,33)(H2,22,24,34)/t13?,14-,18?/m0/s1. The molecule has 2 aliphatic heterocycles. The Morgan fingerprint density at radius 1 is 1.32 bits per heavy atom. The molecule has 0 spiro atoms. The lowest BCUT2D eigenvalue weighted by Gasteiger charge is -2.49. The largest absolute Gasteiger partial charge is 0.477 e. The van der Waals surface area contributed by atoms with Gasteiger partial charge in [-0.05, 0) is 33.4 Å². The summed E-state index contributed by atoms with van der Waals surface area (Å²) in [6.07, 6.45) is 0. The van der Waals surface area contributed by atoms with E-state index in [2.05, 4.69) is 31.5 Å². The summed E-state index contributed by atoms with van der Waals surface area (Å²) >= 11 is 3.95. The summed E-state index contributed by atoms with van der Waals surface area (Å²) in [4.78, 5) is 52.6. The summed E-state index contributed by atoms with van der Waals surface area (Å²) in [6.45, 7) is 4.35. The number of fused-ring (bicyclic) bond motifs is 1. The Balaban J connectivity index is 1.45. The lowest BCUT2D eigenvalue weighted by Crippen LogP contribution is -2.71. The summed E-state index contributed by atoms with van der Waals surface area (Å²) in [5.74, 6) is -1.37. The Morgan fingerprint density at radius 2 is 2.11 bits per heavy atom. The number of rotatable bonds is 10. The maximum atomic E-state index is 13.2. The van der Waals surface area contributed by atoms with E-state index in [1.807, 2.05) is 13.8 Å². The summed E-state index contributed by atoms with van der Waals surface area (Å²) in [7, 11) is 1.68. The van der Waals surface area contributed by atoms with Crippen molar-refractivity contribution in [2.45, 2.75) is 36.5 Å². The molecule has 3 atom stereocenters. The minimum atomic E-state index is -1.21. The second-order valence-corrected chi connectivity index (χ2v) is 11.8. The Morgan fingerprint density at radius 3 is 2.73 bits per heavy atom. The number of urea groups is 1. The van der Waals surface area contributed by atoms with Crippen LogP contribution in [-0.4, -0.2) is 83.5 Å². The number of hydrogen-bond donors (Lipinski definition) is 4.